The lowest BCUT2D eigenvalue weighted by Crippen LogP contribution is -2.07. The van der Waals surface area contributed by atoms with Gasteiger partial charge in [0.25, 0.3) is 0 Å². The average Bonchev–Trinajstić information content (AvgIpc) is 2.97. The number of hydrogen-bond acceptors (Lipinski definition) is 4. The Balaban J connectivity index is 2.18. The molecule has 6 nitrogen and oxygen atoms in total. The Hall–Kier alpha value is -3.02. The lowest BCUT2D eigenvalue weighted by molar-refractivity contribution is 0.0696. The summed E-state index contributed by atoms with van der Waals surface area (Å²) in [5.41, 5.74) is 2.37. The molecule has 0 bridgehead atoms. The second-order valence-electron chi connectivity index (χ2n) is 4.54. The third kappa shape index (κ3) is 2.27. The maximum atomic E-state index is 11.2. The van der Waals surface area contributed by atoms with Gasteiger partial charge in [0.1, 0.15) is 0 Å². The minimum Gasteiger partial charge on any atom is -0.478 e. The molecule has 0 saturated carbocycles. The van der Waals surface area contributed by atoms with Crippen molar-refractivity contribution in [1.82, 2.24) is 20.2 Å². The summed E-state index contributed by atoms with van der Waals surface area (Å²) in [7, 11) is 0. The van der Waals surface area contributed by atoms with Gasteiger partial charge in [0.05, 0.1) is 11.3 Å². The van der Waals surface area contributed by atoms with E-state index in [1.54, 1.807) is 29.8 Å². The van der Waals surface area contributed by atoms with E-state index >= 15 is 0 Å². The van der Waals surface area contributed by atoms with Crippen LogP contribution in [0.2, 0.25) is 0 Å². The summed E-state index contributed by atoms with van der Waals surface area (Å²) in [4.78, 5) is 11.2. The van der Waals surface area contributed by atoms with E-state index in [-0.39, 0.29) is 5.56 Å². The standard InChI is InChI=1S/C15H12N4O2/c1-10-12(15(20)21)8-5-9-13(10)19-14(16-17-18-19)11-6-3-2-4-7-11/h2-9H,1H3,(H,20,21). The molecule has 3 aromatic rings. The molecular formula is C15H12N4O2. The van der Waals surface area contributed by atoms with Crippen molar-refractivity contribution >= 4 is 5.97 Å². The summed E-state index contributed by atoms with van der Waals surface area (Å²) in [6.45, 7) is 1.75. The number of carboxylic acids is 1. The summed E-state index contributed by atoms with van der Waals surface area (Å²) in [5.74, 6) is -0.398. The first kappa shape index (κ1) is 13.0. The molecule has 0 atom stereocenters. The van der Waals surface area contributed by atoms with Crippen molar-refractivity contribution in [2.45, 2.75) is 6.92 Å². The van der Waals surface area contributed by atoms with Crippen LogP contribution in [0.4, 0.5) is 0 Å². The summed E-state index contributed by atoms with van der Waals surface area (Å²) < 4.78 is 1.55. The van der Waals surface area contributed by atoms with Crippen LogP contribution in [0, 0.1) is 6.92 Å². The molecule has 3 rings (SSSR count). The number of carbonyl (C=O) groups is 1. The molecule has 0 aliphatic heterocycles. The van der Waals surface area contributed by atoms with Crippen molar-refractivity contribution in [3.8, 4) is 17.1 Å². The number of hydrogen-bond donors (Lipinski definition) is 1. The third-order valence-electron chi connectivity index (χ3n) is 3.27. The van der Waals surface area contributed by atoms with Gasteiger partial charge in [-0.1, -0.05) is 36.4 Å². The molecule has 0 radical (unpaired) electrons. The van der Waals surface area contributed by atoms with Crippen molar-refractivity contribution in [2.75, 3.05) is 0 Å². The Labute approximate surface area is 120 Å². The fourth-order valence-corrected chi connectivity index (χ4v) is 2.20. The van der Waals surface area contributed by atoms with Gasteiger partial charge in [-0.15, -0.1) is 5.10 Å². The minimum atomic E-state index is -0.969. The summed E-state index contributed by atoms with van der Waals surface area (Å²) in [6.07, 6.45) is 0. The van der Waals surface area contributed by atoms with Crippen LogP contribution >= 0.6 is 0 Å². The highest BCUT2D eigenvalue weighted by atomic mass is 16.4. The second kappa shape index (κ2) is 5.16. The highest BCUT2D eigenvalue weighted by Gasteiger charge is 2.16. The molecule has 1 aromatic heterocycles. The topological polar surface area (TPSA) is 80.9 Å². The normalized spacial score (nSPS) is 10.5. The van der Waals surface area contributed by atoms with E-state index in [0.717, 1.165) is 5.56 Å². The number of carboxylic acid groups (broad SMARTS) is 1. The molecule has 0 unspecified atom stereocenters. The molecule has 0 saturated heterocycles. The number of aromatic nitrogens is 4. The smallest absolute Gasteiger partial charge is 0.336 e. The maximum Gasteiger partial charge on any atom is 0.336 e. The Bertz CT molecular complexity index is 796. The molecule has 0 aliphatic carbocycles. The molecule has 1 heterocycles. The average molecular weight is 280 g/mol. The lowest BCUT2D eigenvalue weighted by atomic mass is 10.1. The fourth-order valence-electron chi connectivity index (χ4n) is 2.20. The van der Waals surface area contributed by atoms with Gasteiger partial charge in [-0.2, -0.15) is 4.68 Å². The van der Waals surface area contributed by atoms with Crippen LogP contribution < -0.4 is 0 Å². The molecular weight excluding hydrogens is 268 g/mol. The Morgan fingerprint density at radius 2 is 1.86 bits per heavy atom. The largest absolute Gasteiger partial charge is 0.478 e. The van der Waals surface area contributed by atoms with Crippen LogP contribution in [0.3, 0.4) is 0 Å². The number of nitrogens with zero attached hydrogens (tertiary/aromatic N) is 4. The quantitative estimate of drug-likeness (QED) is 0.796. The zero-order chi connectivity index (χ0) is 14.8. The van der Waals surface area contributed by atoms with Gasteiger partial charge in [-0.3, -0.25) is 0 Å². The van der Waals surface area contributed by atoms with Gasteiger partial charge in [0.15, 0.2) is 5.82 Å². The molecule has 21 heavy (non-hydrogen) atoms. The molecule has 104 valence electrons. The van der Waals surface area contributed by atoms with Crippen molar-refractivity contribution in [3.05, 3.63) is 59.7 Å². The number of benzene rings is 2. The zero-order valence-electron chi connectivity index (χ0n) is 11.3. The van der Waals surface area contributed by atoms with Gasteiger partial charge in [0.2, 0.25) is 0 Å². The van der Waals surface area contributed by atoms with Crippen LogP contribution in [0.1, 0.15) is 15.9 Å². The fraction of sp³-hybridized carbons (Fsp3) is 0.0667. The Morgan fingerprint density at radius 1 is 1.10 bits per heavy atom. The first-order valence-electron chi connectivity index (χ1n) is 6.35. The summed E-state index contributed by atoms with van der Waals surface area (Å²) in [6, 6.07) is 14.6. The molecule has 0 fully saturated rings. The van der Waals surface area contributed by atoms with E-state index < -0.39 is 5.97 Å². The van der Waals surface area contributed by atoms with Crippen LogP contribution in [-0.2, 0) is 0 Å². The Morgan fingerprint density at radius 3 is 2.57 bits per heavy atom. The third-order valence-corrected chi connectivity index (χ3v) is 3.27. The van der Waals surface area contributed by atoms with Crippen molar-refractivity contribution in [3.63, 3.8) is 0 Å². The van der Waals surface area contributed by atoms with E-state index in [1.165, 1.54) is 0 Å². The molecule has 0 aliphatic rings. The van der Waals surface area contributed by atoms with Gasteiger partial charge in [-0.25, -0.2) is 4.79 Å². The van der Waals surface area contributed by atoms with Gasteiger partial charge >= 0.3 is 5.97 Å². The highest BCUT2D eigenvalue weighted by Crippen LogP contribution is 2.23. The van der Waals surface area contributed by atoms with Crippen molar-refractivity contribution in [2.24, 2.45) is 0 Å². The van der Waals surface area contributed by atoms with E-state index in [9.17, 15) is 9.90 Å². The van der Waals surface area contributed by atoms with Crippen LogP contribution in [-0.4, -0.2) is 31.3 Å². The van der Waals surface area contributed by atoms with Crippen molar-refractivity contribution in [1.29, 1.82) is 0 Å². The predicted octanol–water partition coefficient (Wildman–Crippen LogP) is 2.34. The van der Waals surface area contributed by atoms with Crippen LogP contribution in [0.15, 0.2) is 48.5 Å². The van der Waals surface area contributed by atoms with E-state index in [2.05, 4.69) is 15.5 Å². The SMILES string of the molecule is Cc1c(C(=O)O)cccc1-n1nnnc1-c1ccccc1. The molecule has 0 spiro atoms. The molecule has 2 aromatic carbocycles. The monoisotopic (exact) mass is 280 g/mol. The van der Waals surface area contributed by atoms with Gasteiger partial charge in [-0.05, 0) is 35.0 Å². The number of tetrazole rings is 1. The second-order valence-corrected chi connectivity index (χ2v) is 4.54. The van der Waals surface area contributed by atoms with Crippen LogP contribution in [0.5, 0.6) is 0 Å². The number of rotatable bonds is 3. The number of aromatic carboxylic acids is 1. The lowest BCUT2D eigenvalue weighted by Gasteiger charge is -2.09. The maximum absolute atomic E-state index is 11.2. The van der Waals surface area contributed by atoms with Gasteiger partial charge in [0, 0.05) is 5.56 Å². The minimum absolute atomic E-state index is 0.238. The highest BCUT2D eigenvalue weighted by molar-refractivity contribution is 5.90. The van der Waals surface area contributed by atoms with Crippen LogP contribution in [0.25, 0.3) is 17.1 Å². The van der Waals surface area contributed by atoms with E-state index in [1.807, 2.05) is 30.3 Å². The first-order chi connectivity index (χ1) is 10.2. The van der Waals surface area contributed by atoms with E-state index in [0.29, 0.717) is 17.1 Å². The molecule has 6 heteroatoms. The zero-order valence-corrected chi connectivity index (χ0v) is 11.3. The molecule has 0 amide bonds. The van der Waals surface area contributed by atoms with Crippen molar-refractivity contribution < 1.29 is 9.90 Å². The predicted molar refractivity (Wildman–Crippen MR) is 76.3 cm³/mol. The van der Waals surface area contributed by atoms with Gasteiger partial charge < -0.3 is 5.11 Å². The first-order valence-corrected chi connectivity index (χ1v) is 6.35. The summed E-state index contributed by atoms with van der Waals surface area (Å²) in [5, 5.41) is 20.9. The summed E-state index contributed by atoms with van der Waals surface area (Å²) >= 11 is 0. The Kier molecular flexibility index (Phi) is 3.19. The van der Waals surface area contributed by atoms with E-state index in [4.69, 9.17) is 0 Å². The molecule has 1 N–H and O–H groups in total.